The number of hydrogen-bond acceptors (Lipinski definition) is 2. The van der Waals surface area contributed by atoms with Crippen molar-refractivity contribution in [2.45, 2.75) is 77.4 Å². The van der Waals surface area contributed by atoms with Gasteiger partial charge in [0.05, 0.1) is 12.7 Å². The van der Waals surface area contributed by atoms with E-state index in [4.69, 9.17) is 10.00 Å². The Morgan fingerprint density at radius 2 is 1.88 bits per heavy atom. The lowest BCUT2D eigenvalue weighted by molar-refractivity contribution is 0.00645. The summed E-state index contributed by atoms with van der Waals surface area (Å²) < 4.78 is 18.9. The van der Waals surface area contributed by atoms with E-state index in [1.807, 2.05) is 0 Å². The molecule has 1 aliphatic carbocycles. The van der Waals surface area contributed by atoms with Crippen molar-refractivity contribution in [2.24, 2.45) is 5.92 Å². The molecule has 1 aliphatic rings. The van der Waals surface area contributed by atoms with E-state index in [-0.39, 0.29) is 0 Å². The standard InChI is InChI=1S/C22H30FNO/c1-2-3-5-18-8-10-20(11-9-18)17-25-22-14-12-19(13-15-22)6-4-7-21(23)16-24/h7-11,19,22H,2-6,12-15,17H2,1H3/t19-,22-. The molecule has 0 N–H and O–H groups in total. The largest absolute Gasteiger partial charge is 0.374 e. The van der Waals surface area contributed by atoms with Gasteiger partial charge in [-0.25, -0.2) is 0 Å². The smallest absolute Gasteiger partial charge is 0.196 e. The van der Waals surface area contributed by atoms with Crippen LogP contribution in [0, 0.1) is 17.2 Å². The first-order valence-corrected chi connectivity index (χ1v) is 9.66. The summed E-state index contributed by atoms with van der Waals surface area (Å²) >= 11 is 0. The molecule has 1 aromatic rings. The first kappa shape index (κ1) is 19.7. The van der Waals surface area contributed by atoms with Crippen LogP contribution < -0.4 is 0 Å². The van der Waals surface area contributed by atoms with Crippen LogP contribution in [0.3, 0.4) is 0 Å². The zero-order valence-corrected chi connectivity index (χ0v) is 15.3. The van der Waals surface area contributed by atoms with Crippen LogP contribution in [0.5, 0.6) is 0 Å². The van der Waals surface area contributed by atoms with Gasteiger partial charge in [-0.3, -0.25) is 0 Å². The van der Waals surface area contributed by atoms with Gasteiger partial charge in [0.2, 0.25) is 0 Å². The summed E-state index contributed by atoms with van der Waals surface area (Å²) in [5.74, 6) is -0.0156. The van der Waals surface area contributed by atoms with Crippen LogP contribution in [0.25, 0.3) is 0 Å². The van der Waals surface area contributed by atoms with Crippen LogP contribution in [-0.4, -0.2) is 6.10 Å². The fourth-order valence-electron chi connectivity index (χ4n) is 3.48. The number of hydrogen-bond donors (Lipinski definition) is 0. The van der Waals surface area contributed by atoms with Gasteiger partial charge >= 0.3 is 0 Å². The highest BCUT2D eigenvalue weighted by molar-refractivity contribution is 5.22. The molecule has 25 heavy (non-hydrogen) atoms. The zero-order valence-electron chi connectivity index (χ0n) is 15.3. The SMILES string of the molecule is CCCCc1ccc(CO[C@H]2CC[C@H](CCC=C(F)C#N)CC2)cc1. The van der Waals surface area contributed by atoms with Crippen molar-refractivity contribution in [3.8, 4) is 6.07 Å². The molecule has 0 radical (unpaired) electrons. The normalized spacial score (nSPS) is 21.1. The summed E-state index contributed by atoms with van der Waals surface area (Å²) in [5, 5.41) is 8.40. The van der Waals surface area contributed by atoms with Crippen molar-refractivity contribution in [1.29, 1.82) is 5.26 Å². The molecule has 0 aliphatic heterocycles. The van der Waals surface area contributed by atoms with Crippen molar-refractivity contribution < 1.29 is 9.13 Å². The van der Waals surface area contributed by atoms with Crippen molar-refractivity contribution in [1.82, 2.24) is 0 Å². The third-order valence-corrected chi connectivity index (χ3v) is 5.13. The first-order chi connectivity index (χ1) is 12.2. The summed E-state index contributed by atoms with van der Waals surface area (Å²) in [4.78, 5) is 0. The molecule has 0 bridgehead atoms. The fraction of sp³-hybridized carbons (Fsp3) is 0.591. The minimum Gasteiger partial charge on any atom is -0.374 e. The maximum Gasteiger partial charge on any atom is 0.196 e. The first-order valence-electron chi connectivity index (χ1n) is 9.66. The Morgan fingerprint density at radius 3 is 2.52 bits per heavy atom. The molecule has 1 aromatic carbocycles. The van der Waals surface area contributed by atoms with Crippen molar-refractivity contribution in [2.75, 3.05) is 0 Å². The molecule has 0 aromatic heterocycles. The Morgan fingerprint density at radius 1 is 1.20 bits per heavy atom. The quantitative estimate of drug-likeness (QED) is 0.496. The number of rotatable bonds is 9. The lowest BCUT2D eigenvalue weighted by Gasteiger charge is -2.28. The summed E-state index contributed by atoms with van der Waals surface area (Å²) in [7, 11) is 0. The van der Waals surface area contributed by atoms with E-state index in [1.165, 1.54) is 36.1 Å². The van der Waals surface area contributed by atoms with Gasteiger partial charge in [0, 0.05) is 0 Å². The highest BCUT2D eigenvalue weighted by Gasteiger charge is 2.21. The number of benzene rings is 1. The van der Waals surface area contributed by atoms with Crippen molar-refractivity contribution in [3.63, 3.8) is 0 Å². The average Bonchev–Trinajstić information content (AvgIpc) is 2.66. The van der Waals surface area contributed by atoms with E-state index in [0.29, 0.717) is 25.0 Å². The van der Waals surface area contributed by atoms with E-state index < -0.39 is 5.83 Å². The number of unbranched alkanes of at least 4 members (excludes halogenated alkanes) is 1. The molecule has 0 atom stereocenters. The van der Waals surface area contributed by atoms with E-state index in [9.17, 15) is 4.39 Å². The topological polar surface area (TPSA) is 33.0 Å². The van der Waals surface area contributed by atoms with Crippen LogP contribution >= 0.6 is 0 Å². The van der Waals surface area contributed by atoms with E-state index in [2.05, 4.69) is 31.2 Å². The number of ether oxygens (including phenoxy) is 1. The van der Waals surface area contributed by atoms with Crippen LogP contribution in [0.1, 0.15) is 69.4 Å². The molecular formula is C22H30FNO. The number of allylic oxidation sites excluding steroid dienone is 2. The molecule has 0 heterocycles. The number of aryl methyl sites for hydroxylation is 1. The second-order valence-electron chi connectivity index (χ2n) is 7.12. The molecule has 0 amide bonds. The van der Waals surface area contributed by atoms with E-state index in [1.54, 1.807) is 0 Å². The second kappa shape index (κ2) is 11.1. The Kier molecular flexibility index (Phi) is 8.69. The van der Waals surface area contributed by atoms with Crippen molar-refractivity contribution >= 4 is 0 Å². The Labute approximate surface area is 151 Å². The molecular weight excluding hydrogens is 313 g/mol. The van der Waals surface area contributed by atoms with Gasteiger partial charge < -0.3 is 4.74 Å². The van der Waals surface area contributed by atoms with Crippen LogP contribution in [0.4, 0.5) is 4.39 Å². The molecule has 0 unspecified atom stereocenters. The van der Waals surface area contributed by atoms with Crippen LogP contribution in [0.15, 0.2) is 36.2 Å². The molecule has 2 rings (SSSR count). The fourth-order valence-corrected chi connectivity index (χ4v) is 3.48. The lowest BCUT2D eigenvalue weighted by atomic mass is 9.84. The predicted molar refractivity (Wildman–Crippen MR) is 99.6 cm³/mol. The van der Waals surface area contributed by atoms with Crippen LogP contribution in [0.2, 0.25) is 0 Å². The van der Waals surface area contributed by atoms with Gasteiger partial charge in [-0.05, 0) is 74.5 Å². The van der Waals surface area contributed by atoms with Gasteiger partial charge in [-0.15, -0.1) is 0 Å². The molecule has 3 heteroatoms. The minimum absolute atomic E-state index is 0.349. The Balaban J connectivity index is 1.64. The van der Waals surface area contributed by atoms with Gasteiger partial charge in [-0.1, -0.05) is 37.6 Å². The average molecular weight is 343 g/mol. The van der Waals surface area contributed by atoms with Gasteiger partial charge in [-0.2, -0.15) is 9.65 Å². The minimum atomic E-state index is -0.655. The zero-order chi connectivity index (χ0) is 17.9. The van der Waals surface area contributed by atoms with Gasteiger partial charge in [0.1, 0.15) is 6.07 Å². The van der Waals surface area contributed by atoms with Crippen molar-refractivity contribution in [3.05, 3.63) is 47.3 Å². The molecule has 1 fully saturated rings. The summed E-state index contributed by atoms with van der Waals surface area (Å²) in [6.45, 7) is 2.91. The molecule has 0 spiro atoms. The van der Waals surface area contributed by atoms with E-state index in [0.717, 1.165) is 38.5 Å². The number of nitrogens with zero attached hydrogens (tertiary/aromatic N) is 1. The third-order valence-electron chi connectivity index (χ3n) is 5.13. The lowest BCUT2D eigenvalue weighted by Crippen LogP contribution is -2.21. The van der Waals surface area contributed by atoms with E-state index >= 15 is 0 Å². The maximum absolute atomic E-state index is 12.8. The highest BCUT2D eigenvalue weighted by atomic mass is 19.1. The summed E-state index contributed by atoms with van der Waals surface area (Å²) in [6, 6.07) is 10.3. The predicted octanol–water partition coefficient (Wildman–Crippen LogP) is 6.26. The Bertz CT molecular complexity index is 565. The molecule has 1 saturated carbocycles. The molecule has 136 valence electrons. The molecule has 0 saturated heterocycles. The van der Waals surface area contributed by atoms with Crippen LogP contribution in [-0.2, 0) is 17.8 Å². The number of halogens is 1. The maximum atomic E-state index is 12.8. The summed E-state index contributed by atoms with van der Waals surface area (Å²) in [6.07, 6.45) is 11.5. The second-order valence-corrected chi connectivity index (χ2v) is 7.12. The monoisotopic (exact) mass is 343 g/mol. The highest BCUT2D eigenvalue weighted by Crippen LogP contribution is 2.30. The van der Waals surface area contributed by atoms with Gasteiger partial charge in [0.15, 0.2) is 5.83 Å². The molecule has 2 nitrogen and oxygen atoms in total. The third kappa shape index (κ3) is 7.40. The Hall–Kier alpha value is -1.66. The number of nitriles is 1. The van der Waals surface area contributed by atoms with Gasteiger partial charge in [0.25, 0.3) is 0 Å². The summed E-state index contributed by atoms with van der Waals surface area (Å²) in [5.41, 5.74) is 2.66.